The quantitative estimate of drug-likeness (QED) is 0.624. The molecular weight excluding hydrogens is 378 g/mol. The third-order valence-corrected chi connectivity index (χ3v) is 5.26. The number of aromatic nitrogens is 4. The molecule has 0 aliphatic carbocycles. The molecule has 0 amide bonds. The Labute approximate surface area is 168 Å². The van der Waals surface area contributed by atoms with Crippen LogP contribution in [0.25, 0.3) is 16.7 Å². The summed E-state index contributed by atoms with van der Waals surface area (Å²) in [5.41, 5.74) is 1.47. The molecule has 1 unspecified atom stereocenters. The van der Waals surface area contributed by atoms with Crippen LogP contribution in [0, 0.1) is 12.8 Å². The zero-order valence-electron chi connectivity index (χ0n) is 15.9. The number of carbonyl (C=O) groups is 1. The molecule has 3 heterocycles. The van der Waals surface area contributed by atoms with Crippen LogP contribution in [0.15, 0.2) is 30.5 Å². The predicted molar refractivity (Wildman–Crippen MR) is 108 cm³/mol. The Morgan fingerprint density at radius 2 is 2.14 bits per heavy atom. The summed E-state index contributed by atoms with van der Waals surface area (Å²) in [6.45, 7) is 5.51. The maximum absolute atomic E-state index is 12.2. The number of aryl methyl sites for hydroxylation is 1. The molecule has 1 aliphatic heterocycles. The molecule has 0 bridgehead atoms. The predicted octanol–water partition coefficient (Wildman–Crippen LogP) is 3.56. The first kappa shape index (κ1) is 18.7. The number of rotatable bonds is 4. The SMILES string of the molecule is CCOC(=O)C1CCCN(c2nc(C)nc3c2cnn3-c2ccccc2Cl)C1. The minimum Gasteiger partial charge on any atom is -0.466 e. The summed E-state index contributed by atoms with van der Waals surface area (Å²) in [6.07, 6.45) is 3.51. The number of piperidine rings is 1. The lowest BCUT2D eigenvalue weighted by molar-refractivity contribution is -0.148. The summed E-state index contributed by atoms with van der Waals surface area (Å²) in [5.74, 6) is 1.17. The molecule has 7 nitrogen and oxygen atoms in total. The fourth-order valence-corrected chi connectivity index (χ4v) is 3.88. The van der Waals surface area contributed by atoms with Crippen LogP contribution in [-0.2, 0) is 9.53 Å². The molecule has 2 aromatic heterocycles. The highest BCUT2D eigenvalue weighted by atomic mass is 35.5. The molecule has 1 atom stereocenters. The number of carbonyl (C=O) groups excluding carboxylic acids is 1. The van der Waals surface area contributed by atoms with Crippen molar-refractivity contribution in [2.24, 2.45) is 5.92 Å². The summed E-state index contributed by atoms with van der Waals surface area (Å²) in [7, 11) is 0. The van der Waals surface area contributed by atoms with E-state index in [1.165, 1.54) is 0 Å². The van der Waals surface area contributed by atoms with Crippen LogP contribution in [0.4, 0.5) is 5.82 Å². The fraction of sp³-hybridized carbons (Fsp3) is 0.400. The standard InChI is InChI=1S/C20H22ClN5O2/c1-3-28-20(27)14-7-6-10-25(12-14)18-15-11-22-26(19(15)24-13(2)23-18)17-9-5-4-8-16(17)21/h4-5,8-9,11,14H,3,6-7,10,12H2,1-2H3. The Bertz CT molecular complexity index is 1020. The van der Waals surface area contributed by atoms with Crippen LogP contribution < -0.4 is 4.90 Å². The van der Waals surface area contributed by atoms with Gasteiger partial charge in [-0.25, -0.2) is 14.6 Å². The van der Waals surface area contributed by atoms with E-state index < -0.39 is 0 Å². The van der Waals surface area contributed by atoms with Gasteiger partial charge in [-0.15, -0.1) is 0 Å². The van der Waals surface area contributed by atoms with E-state index in [0.717, 1.165) is 36.3 Å². The van der Waals surface area contributed by atoms with Gasteiger partial charge in [-0.2, -0.15) is 5.10 Å². The van der Waals surface area contributed by atoms with Gasteiger partial charge in [0.25, 0.3) is 0 Å². The van der Waals surface area contributed by atoms with Crippen molar-refractivity contribution in [1.29, 1.82) is 0 Å². The molecule has 8 heteroatoms. The average molecular weight is 400 g/mol. The Balaban J connectivity index is 1.74. The van der Waals surface area contributed by atoms with Gasteiger partial charge in [0.2, 0.25) is 0 Å². The zero-order valence-corrected chi connectivity index (χ0v) is 16.7. The number of esters is 1. The number of para-hydroxylation sites is 1. The van der Waals surface area contributed by atoms with E-state index in [0.29, 0.717) is 29.6 Å². The van der Waals surface area contributed by atoms with Crippen molar-refractivity contribution in [2.45, 2.75) is 26.7 Å². The summed E-state index contributed by atoms with van der Waals surface area (Å²) in [5, 5.41) is 5.96. The molecule has 0 saturated carbocycles. The van der Waals surface area contributed by atoms with Crippen molar-refractivity contribution in [2.75, 3.05) is 24.6 Å². The molecule has 1 fully saturated rings. The molecule has 1 saturated heterocycles. The van der Waals surface area contributed by atoms with Gasteiger partial charge < -0.3 is 9.64 Å². The highest BCUT2D eigenvalue weighted by Gasteiger charge is 2.29. The van der Waals surface area contributed by atoms with Gasteiger partial charge in [-0.05, 0) is 38.8 Å². The summed E-state index contributed by atoms with van der Waals surface area (Å²) in [6, 6.07) is 7.53. The Kier molecular flexibility index (Phi) is 5.17. The highest BCUT2D eigenvalue weighted by molar-refractivity contribution is 6.32. The molecule has 0 radical (unpaired) electrons. The number of hydrogen-bond acceptors (Lipinski definition) is 6. The topological polar surface area (TPSA) is 73.1 Å². The Hall–Kier alpha value is -2.67. The van der Waals surface area contributed by atoms with Crippen LogP contribution in [0.1, 0.15) is 25.6 Å². The second kappa shape index (κ2) is 7.75. The average Bonchev–Trinajstić information content (AvgIpc) is 3.11. The number of nitrogens with zero attached hydrogens (tertiary/aromatic N) is 5. The molecule has 3 aromatic rings. The van der Waals surface area contributed by atoms with E-state index in [1.54, 1.807) is 10.9 Å². The number of anilines is 1. The van der Waals surface area contributed by atoms with Crippen molar-refractivity contribution >= 4 is 34.4 Å². The van der Waals surface area contributed by atoms with Gasteiger partial charge in [0.05, 0.1) is 34.8 Å². The fourth-order valence-electron chi connectivity index (χ4n) is 3.66. The van der Waals surface area contributed by atoms with Gasteiger partial charge in [-0.3, -0.25) is 4.79 Å². The second-order valence-electron chi connectivity index (χ2n) is 6.88. The summed E-state index contributed by atoms with van der Waals surface area (Å²) < 4.78 is 6.96. The van der Waals surface area contributed by atoms with E-state index >= 15 is 0 Å². The highest BCUT2D eigenvalue weighted by Crippen LogP contribution is 2.30. The van der Waals surface area contributed by atoms with E-state index in [4.69, 9.17) is 16.3 Å². The minimum absolute atomic E-state index is 0.138. The van der Waals surface area contributed by atoms with Crippen molar-refractivity contribution < 1.29 is 9.53 Å². The summed E-state index contributed by atoms with van der Waals surface area (Å²) >= 11 is 6.36. The van der Waals surface area contributed by atoms with Crippen LogP contribution in [0.2, 0.25) is 5.02 Å². The number of fused-ring (bicyclic) bond motifs is 1. The zero-order chi connectivity index (χ0) is 19.7. The summed E-state index contributed by atoms with van der Waals surface area (Å²) in [4.78, 5) is 23.6. The van der Waals surface area contributed by atoms with E-state index in [2.05, 4.69) is 20.0 Å². The largest absolute Gasteiger partial charge is 0.466 e. The maximum atomic E-state index is 12.2. The normalized spacial score (nSPS) is 17.1. The van der Waals surface area contributed by atoms with Gasteiger partial charge in [0, 0.05) is 13.1 Å². The lowest BCUT2D eigenvalue weighted by Gasteiger charge is -2.32. The lowest BCUT2D eigenvalue weighted by atomic mass is 9.98. The number of benzene rings is 1. The van der Waals surface area contributed by atoms with Crippen LogP contribution >= 0.6 is 11.6 Å². The Morgan fingerprint density at radius 1 is 1.32 bits per heavy atom. The molecule has 28 heavy (non-hydrogen) atoms. The van der Waals surface area contributed by atoms with Crippen molar-refractivity contribution in [3.8, 4) is 5.69 Å². The molecule has 1 aliphatic rings. The van der Waals surface area contributed by atoms with Gasteiger partial charge in [-0.1, -0.05) is 23.7 Å². The monoisotopic (exact) mass is 399 g/mol. The van der Waals surface area contributed by atoms with Gasteiger partial charge in [0.1, 0.15) is 11.6 Å². The van der Waals surface area contributed by atoms with E-state index in [1.807, 2.05) is 38.1 Å². The van der Waals surface area contributed by atoms with Crippen molar-refractivity contribution in [1.82, 2.24) is 19.7 Å². The molecule has 0 N–H and O–H groups in total. The number of hydrogen-bond donors (Lipinski definition) is 0. The van der Waals surface area contributed by atoms with Crippen molar-refractivity contribution in [3.63, 3.8) is 0 Å². The Morgan fingerprint density at radius 3 is 2.93 bits per heavy atom. The molecule has 0 spiro atoms. The van der Waals surface area contributed by atoms with Gasteiger partial charge in [0.15, 0.2) is 5.65 Å². The third-order valence-electron chi connectivity index (χ3n) is 4.94. The van der Waals surface area contributed by atoms with Crippen LogP contribution in [0.3, 0.4) is 0 Å². The lowest BCUT2D eigenvalue weighted by Crippen LogP contribution is -2.40. The van der Waals surface area contributed by atoms with Crippen LogP contribution in [-0.4, -0.2) is 45.4 Å². The van der Waals surface area contributed by atoms with Gasteiger partial charge >= 0.3 is 5.97 Å². The number of ether oxygens (including phenoxy) is 1. The second-order valence-corrected chi connectivity index (χ2v) is 7.28. The van der Waals surface area contributed by atoms with Crippen molar-refractivity contribution in [3.05, 3.63) is 41.3 Å². The molecule has 146 valence electrons. The smallest absolute Gasteiger partial charge is 0.310 e. The first-order valence-corrected chi connectivity index (χ1v) is 9.85. The molecule has 1 aromatic carbocycles. The maximum Gasteiger partial charge on any atom is 0.310 e. The third kappa shape index (κ3) is 3.42. The number of halogens is 1. The first-order chi connectivity index (χ1) is 13.6. The minimum atomic E-state index is -0.141. The van der Waals surface area contributed by atoms with E-state index in [-0.39, 0.29) is 11.9 Å². The van der Waals surface area contributed by atoms with Crippen LogP contribution in [0.5, 0.6) is 0 Å². The molecule has 4 rings (SSSR count). The molecular formula is C20H22ClN5O2. The first-order valence-electron chi connectivity index (χ1n) is 9.47. The van der Waals surface area contributed by atoms with E-state index in [9.17, 15) is 4.79 Å².